The first-order valence-corrected chi connectivity index (χ1v) is 17.5. The van der Waals surface area contributed by atoms with Gasteiger partial charge in [0.2, 0.25) is 0 Å². The van der Waals surface area contributed by atoms with Gasteiger partial charge >= 0.3 is 5.97 Å². The summed E-state index contributed by atoms with van der Waals surface area (Å²) in [5.41, 5.74) is 0. The number of aliphatic hydroxyl groups excluding tert-OH is 1. The number of esters is 1. The zero-order chi connectivity index (χ0) is 30.4. The lowest BCUT2D eigenvalue weighted by molar-refractivity contribution is -0.193. The van der Waals surface area contributed by atoms with Gasteiger partial charge in [0.15, 0.2) is 12.6 Å². The highest BCUT2D eigenvalue weighted by molar-refractivity contribution is 5.79. The average Bonchev–Trinajstić information content (AvgIpc) is 3.61. The Kier molecular flexibility index (Phi) is 14.9. The number of methoxy groups -OCH3 is 1. The summed E-state index contributed by atoms with van der Waals surface area (Å²) >= 11 is 0. The van der Waals surface area contributed by atoms with Gasteiger partial charge in [0, 0.05) is 50.7 Å². The molecule has 1 N–H and O–H groups in total. The number of aliphatic hydroxyl groups is 1. The van der Waals surface area contributed by atoms with Crippen LogP contribution in [0.4, 0.5) is 0 Å². The molecule has 0 bridgehead atoms. The second-order valence-corrected chi connectivity index (χ2v) is 13.4. The second kappa shape index (κ2) is 18.6. The molecule has 9 atom stereocenters. The number of rotatable bonds is 17. The summed E-state index contributed by atoms with van der Waals surface area (Å²) in [7, 11) is 1.38. The van der Waals surface area contributed by atoms with Crippen LogP contribution in [0.5, 0.6) is 0 Å². The maximum Gasteiger partial charge on any atom is 0.305 e. The minimum absolute atomic E-state index is 0.0475. The quantitative estimate of drug-likeness (QED) is 0.111. The summed E-state index contributed by atoms with van der Waals surface area (Å²) in [4.78, 5) is 24.5. The Bertz CT molecular complexity index is 849. The Hall–Kier alpha value is -1.32. The molecular formula is C35H58O8. The van der Waals surface area contributed by atoms with Crippen molar-refractivity contribution in [3.63, 3.8) is 0 Å². The molecule has 4 fully saturated rings. The van der Waals surface area contributed by atoms with Gasteiger partial charge in [-0.3, -0.25) is 9.59 Å². The average molecular weight is 607 g/mol. The van der Waals surface area contributed by atoms with Gasteiger partial charge in [-0.15, -0.1) is 0 Å². The molecule has 4 unspecified atom stereocenters. The van der Waals surface area contributed by atoms with Crippen molar-refractivity contribution in [2.75, 3.05) is 20.3 Å². The molecule has 2 saturated heterocycles. The predicted molar refractivity (Wildman–Crippen MR) is 164 cm³/mol. The van der Waals surface area contributed by atoms with Crippen molar-refractivity contribution in [2.45, 2.75) is 153 Å². The topological polar surface area (TPSA) is 101 Å². The van der Waals surface area contributed by atoms with E-state index < -0.39 is 6.10 Å². The van der Waals surface area contributed by atoms with E-state index in [9.17, 15) is 14.7 Å². The number of ether oxygens (including phenoxy) is 5. The zero-order valence-corrected chi connectivity index (χ0v) is 26.8. The summed E-state index contributed by atoms with van der Waals surface area (Å²) in [5, 5.41) is 11.2. The van der Waals surface area contributed by atoms with Crippen LogP contribution in [-0.2, 0) is 33.3 Å². The van der Waals surface area contributed by atoms with Crippen molar-refractivity contribution in [1.82, 2.24) is 0 Å². The van der Waals surface area contributed by atoms with Crippen molar-refractivity contribution in [3.05, 3.63) is 12.2 Å². The Morgan fingerprint density at radius 3 is 2.37 bits per heavy atom. The largest absolute Gasteiger partial charge is 0.469 e. The lowest BCUT2D eigenvalue weighted by Gasteiger charge is -2.31. The molecule has 43 heavy (non-hydrogen) atoms. The molecule has 0 aromatic rings. The first-order valence-electron chi connectivity index (χ1n) is 17.5. The highest BCUT2D eigenvalue weighted by atomic mass is 16.7. The van der Waals surface area contributed by atoms with E-state index in [0.29, 0.717) is 51.0 Å². The molecule has 2 saturated carbocycles. The van der Waals surface area contributed by atoms with Crippen LogP contribution in [0, 0.1) is 23.7 Å². The lowest BCUT2D eigenvalue weighted by atomic mass is 9.86. The number of carbonyl (C=O) groups is 2. The van der Waals surface area contributed by atoms with E-state index in [2.05, 4.69) is 19.1 Å². The molecule has 4 rings (SSSR count). The number of Topliss-reactive ketones (excluding diaryl/α,β-unsaturated/α-hetero) is 1. The van der Waals surface area contributed by atoms with Crippen LogP contribution >= 0.6 is 0 Å². The Labute approximate surface area is 259 Å². The fourth-order valence-electron chi connectivity index (χ4n) is 7.57. The molecule has 0 amide bonds. The van der Waals surface area contributed by atoms with Crippen molar-refractivity contribution < 1.29 is 38.4 Å². The monoisotopic (exact) mass is 606 g/mol. The molecular weight excluding hydrogens is 548 g/mol. The van der Waals surface area contributed by atoms with Crippen molar-refractivity contribution in [3.8, 4) is 0 Å². The number of carbonyl (C=O) groups excluding carboxylic acids is 2. The Morgan fingerprint density at radius 2 is 1.67 bits per heavy atom. The molecule has 4 aliphatic rings. The van der Waals surface area contributed by atoms with Gasteiger partial charge in [0.25, 0.3) is 0 Å². The normalized spacial score (nSPS) is 34.0. The molecule has 8 heteroatoms. The van der Waals surface area contributed by atoms with Gasteiger partial charge in [-0.1, -0.05) is 44.8 Å². The first kappa shape index (κ1) is 34.6. The van der Waals surface area contributed by atoms with Gasteiger partial charge < -0.3 is 28.8 Å². The summed E-state index contributed by atoms with van der Waals surface area (Å²) in [6.07, 6.45) is 19.4. The van der Waals surface area contributed by atoms with E-state index in [4.69, 9.17) is 23.7 Å². The molecule has 2 aliphatic heterocycles. The minimum atomic E-state index is -0.617. The molecule has 246 valence electrons. The van der Waals surface area contributed by atoms with Crippen LogP contribution in [0.3, 0.4) is 0 Å². The standard InChI is InChI=1S/C35H58O8/c1-3-4-11-25-16-17-26(22-25)31(42-34-14-7-9-20-40-34)19-18-28-29(23-27(36)12-5-6-13-33(38)39-2)30(37)24-32(28)43-35-15-8-10-21-41-35/h18-19,25-26,28-32,34-35,37H,3-17,20-24H2,1-2H3/t25?,26?,28-,29-,30+,31-,32-,34?,35?/m1/s1. The van der Waals surface area contributed by atoms with E-state index in [0.717, 1.165) is 57.5 Å². The highest BCUT2D eigenvalue weighted by Crippen LogP contribution is 2.42. The lowest BCUT2D eigenvalue weighted by Crippen LogP contribution is -2.33. The van der Waals surface area contributed by atoms with E-state index in [1.54, 1.807) is 0 Å². The third-order valence-corrected chi connectivity index (χ3v) is 10.1. The number of hydrogen-bond donors (Lipinski definition) is 1. The minimum Gasteiger partial charge on any atom is -0.469 e. The predicted octanol–water partition coefficient (Wildman–Crippen LogP) is 6.66. The summed E-state index contributed by atoms with van der Waals surface area (Å²) in [6, 6.07) is 0. The van der Waals surface area contributed by atoms with Crippen LogP contribution < -0.4 is 0 Å². The van der Waals surface area contributed by atoms with E-state index in [1.165, 1.54) is 39.2 Å². The number of hydrogen-bond acceptors (Lipinski definition) is 8. The smallest absolute Gasteiger partial charge is 0.305 e. The molecule has 8 nitrogen and oxygen atoms in total. The SMILES string of the molecule is CCCCC1CCC([C@@H](C=C[C@@H]2[C@@H](CC(=O)CCCCC(=O)OC)[C@@H](O)C[C@H]2OC2CCCCO2)OC2CCCCO2)C1. The molecule has 2 aliphatic carbocycles. The van der Waals surface area contributed by atoms with E-state index in [-0.39, 0.29) is 48.4 Å². The van der Waals surface area contributed by atoms with E-state index in [1.807, 2.05) is 0 Å². The number of unbranched alkanes of at least 4 members (excludes halogenated alkanes) is 2. The molecule has 0 spiro atoms. The summed E-state index contributed by atoms with van der Waals surface area (Å²) < 4.78 is 29.8. The van der Waals surface area contributed by atoms with Gasteiger partial charge in [0.1, 0.15) is 5.78 Å². The van der Waals surface area contributed by atoms with Gasteiger partial charge in [-0.05, 0) is 76.0 Å². The van der Waals surface area contributed by atoms with Crippen molar-refractivity contribution in [2.24, 2.45) is 23.7 Å². The van der Waals surface area contributed by atoms with Gasteiger partial charge in [-0.25, -0.2) is 0 Å². The maximum absolute atomic E-state index is 13.1. The van der Waals surface area contributed by atoms with Crippen molar-refractivity contribution >= 4 is 11.8 Å². The Morgan fingerprint density at radius 1 is 0.930 bits per heavy atom. The zero-order valence-electron chi connectivity index (χ0n) is 26.8. The van der Waals surface area contributed by atoms with Crippen LogP contribution in [0.25, 0.3) is 0 Å². The van der Waals surface area contributed by atoms with Crippen LogP contribution in [0.15, 0.2) is 12.2 Å². The molecule has 0 aromatic carbocycles. The third-order valence-electron chi connectivity index (χ3n) is 10.1. The summed E-state index contributed by atoms with van der Waals surface area (Å²) in [5.74, 6) is 0.767. The van der Waals surface area contributed by atoms with Crippen LogP contribution in [-0.4, -0.2) is 68.1 Å². The number of ketones is 1. The van der Waals surface area contributed by atoms with Gasteiger partial charge in [-0.2, -0.15) is 0 Å². The Balaban J connectivity index is 1.45. The van der Waals surface area contributed by atoms with Crippen LogP contribution in [0.1, 0.15) is 122 Å². The summed E-state index contributed by atoms with van der Waals surface area (Å²) in [6.45, 7) is 3.71. The molecule has 0 aromatic heterocycles. The fraction of sp³-hybridized carbons (Fsp3) is 0.886. The third kappa shape index (κ3) is 11.2. The van der Waals surface area contributed by atoms with Gasteiger partial charge in [0.05, 0.1) is 25.4 Å². The van der Waals surface area contributed by atoms with Crippen LogP contribution in [0.2, 0.25) is 0 Å². The highest BCUT2D eigenvalue weighted by Gasteiger charge is 2.44. The molecule has 0 radical (unpaired) electrons. The maximum atomic E-state index is 13.1. The van der Waals surface area contributed by atoms with E-state index >= 15 is 0 Å². The second-order valence-electron chi connectivity index (χ2n) is 13.4. The molecule has 2 heterocycles. The van der Waals surface area contributed by atoms with Crippen molar-refractivity contribution in [1.29, 1.82) is 0 Å². The fourth-order valence-corrected chi connectivity index (χ4v) is 7.57. The first-order chi connectivity index (χ1) is 21.0.